The Bertz CT molecular complexity index is 1670. The molecule has 43 heavy (non-hydrogen) atoms. The summed E-state index contributed by atoms with van der Waals surface area (Å²) in [6.45, 7) is 3.99. The average molecular weight is 599 g/mol. The molecule has 222 valence electrons. The molecule has 1 aromatic carbocycles. The number of rotatable bonds is 8. The summed E-state index contributed by atoms with van der Waals surface area (Å²) in [5.41, 5.74) is 9.34. The van der Waals surface area contributed by atoms with Gasteiger partial charge in [-0.1, -0.05) is 12.1 Å². The molecule has 3 aromatic heterocycles. The molecule has 1 aliphatic carbocycles. The first-order valence-electron chi connectivity index (χ1n) is 14.6. The van der Waals surface area contributed by atoms with Gasteiger partial charge in [0.1, 0.15) is 5.60 Å². The molecule has 4 fully saturated rings. The lowest BCUT2D eigenvalue weighted by Gasteiger charge is -2.52. The number of ether oxygens (including phenoxy) is 2. The number of morpholine rings is 1. The number of nitrogens with zero attached hydrogens (tertiary/aromatic N) is 4. The second-order valence-corrected chi connectivity index (χ2v) is 12.6. The molecule has 0 spiro atoms. The van der Waals surface area contributed by atoms with Crippen molar-refractivity contribution in [3.8, 4) is 11.4 Å². The van der Waals surface area contributed by atoms with Crippen LogP contribution in [0, 0.1) is 10.8 Å². The predicted molar refractivity (Wildman–Crippen MR) is 167 cm³/mol. The van der Waals surface area contributed by atoms with Crippen molar-refractivity contribution in [1.82, 2.24) is 25.3 Å². The number of nitrogen functional groups attached to an aromatic ring is 1. The molecule has 1 saturated carbocycles. The van der Waals surface area contributed by atoms with Crippen LogP contribution in [0.4, 0.5) is 11.5 Å². The van der Waals surface area contributed by atoms with Crippen LogP contribution in [0.1, 0.15) is 41.8 Å². The van der Waals surface area contributed by atoms with Gasteiger partial charge in [0, 0.05) is 59.0 Å². The number of imidazole rings is 1. The third kappa shape index (κ3) is 5.19. The quantitative estimate of drug-likeness (QED) is 0.134. The highest BCUT2D eigenvalue weighted by Gasteiger charge is 2.51. The van der Waals surface area contributed by atoms with Gasteiger partial charge in [-0.05, 0) is 43.9 Å². The number of nitrogens with two attached hydrogens (primary N) is 1. The van der Waals surface area contributed by atoms with E-state index in [1.807, 2.05) is 12.1 Å². The number of aromatic nitrogens is 4. The predicted octanol–water partition coefficient (Wildman–Crippen LogP) is 4.11. The molecule has 4 aromatic rings. The summed E-state index contributed by atoms with van der Waals surface area (Å²) in [5.74, 6) is 1.33. The Balaban J connectivity index is 1.15. The van der Waals surface area contributed by atoms with Crippen molar-refractivity contribution in [3.05, 3.63) is 59.0 Å². The number of benzene rings is 1. The second-order valence-electron chi connectivity index (χ2n) is 11.6. The van der Waals surface area contributed by atoms with E-state index in [1.54, 1.807) is 36.0 Å². The molecule has 3 aliphatic heterocycles. The Labute approximate surface area is 253 Å². The molecule has 2 bridgehead atoms. The van der Waals surface area contributed by atoms with Crippen molar-refractivity contribution in [3.63, 3.8) is 0 Å². The molecule has 6 heterocycles. The van der Waals surface area contributed by atoms with E-state index in [0.717, 1.165) is 66.1 Å². The average Bonchev–Trinajstić information content (AvgIpc) is 3.74. The van der Waals surface area contributed by atoms with Gasteiger partial charge in [-0.3, -0.25) is 4.79 Å². The minimum Gasteiger partial charge on any atom is -0.398 e. The lowest BCUT2D eigenvalue weighted by Crippen LogP contribution is -2.53. The molecule has 5 N–H and O–H groups in total. The van der Waals surface area contributed by atoms with Crippen molar-refractivity contribution < 1.29 is 14.3 Å². The fourth-order valence-electron chi connectivity index (χ4n) is 6.35. The highest BCUT2D eigenvalue weighted by Crippen LogP contribution is 2.55. The van der Waals surface area contributed by atoms with Crippen LogP contribution in [-0.4, -0.2) is 71.5 Å². The third-order valence-corrected chi connectivity index (χ3v) is 10.3. The van der Waals surface area contributed by atoms with Crippen molar-refractivity contribution in [2.75, 3.05) is 50.1 Å². The summed E-state index contributed by atoms with van der Waals surface area (Å²) >= 11 is 1.72. The highest BCUT2D eigenvalue weighted by atomic mass is 32.1. The van der Waals surface area contributed by atoms with Crippen LogP contribution in [0.3, 0.4) is 0 Å². The number of fused-ring (bicyclic) bond motifs is 4. The molecule has 0 radical (unpaired) electrons. The molecule has 12 heteroatoms. The van der Waals surface area contributed by atoms with E-state index in [0.29, 0.717) is 43.4 Å². The molecule has 4 aliphatic rings. The van der Waals surface area contributed by atoms with Gasteiger partial charge in [0.2, 0.25) is 5.91 Å². The molecule has 3 saturated heterocycles. The van der Waals surface area contributed by atoms with Crippen LogP contribution in [0.2, 0.25) is 0 Å². The normalized spacial score (nSPS) is 23.7. The van der Waals surface area contributed by atoms with Crippen LogP contribution in [0.25, 0.3) is 27.7 Å². The van der Waals surface area contributed by atoms with E-state index in [2.05, 4.69) is 26.3 Å². The van der Waals surface area contributed by atoms with E-state index in [4.69, 9.17) is 30.6 Å². The van der Waals surface area contributed by atoms with Crippen molar-refractivity contribution in [2.24, 2.45) is 5.41 Å². The fraction of sp³-hybridized carbons (Fsp3) is 0.387. The molecule has 1 amide bonds. The summed E-state index contributed by atoms with van der Waals surface area (Å²) in [6.07, 6.45) is 11.5. The first-order valence-corrected chi connectivity index (χ1v) is 15.4. The number of thiophene rings is 1. The molecule has 11 nitrogen and oxygen atoms in total. The lowest BCUT2D eigenvalue weighted by molar-refractivity contribution is -0.186. The number of H-pyrrole nitrogens is 1. The number of hydrogen-bond donors (Lipinski definition) is 4. The summed E-state index contributed by atoms with van der Waals surface area (Å²) in [5, 5.41) is 11.1. The highest BCUT2D eigenvalue weighted by molar-refractivity contribution is 7.19. The SMILES string of the molecule is N=Cc1c(N)cccc1-c1nc(N2CCOCC2)c2sc(C34CCC(CNC(=O)C=Cc5cnc[nH]5)(CC3)CO4)cc2n1. The maximum absolute atomic E-state index is 12.5. The minimum absolute atomic E-state index is 0.0573. The van der Waals surface area contributed by atoms with E-state index < -0.39 is 0 Å². The first kappa shape index (κ1) is 27.7. The van der Waals surface area contributed by atoms with Gasteiger partial charge in [0.15, 0.2) is 11.6 Å². The first-order chi connectivity index (χ1) is 21.0. The monoisotopic (exact) mass is 598 g/mol. The van der Waals surface area contributed by atoms with Crippen LogP contribution in [0.15, 0.2) is 42.9 Å². The van der Waals surface area contributed by atoms with Gasteiger partial charge in [0.25, 0.3) is 0 Å². The van der Waals surface area contributed by atoms with Crippen molar-refractivity contribution in [1.29, 1.82) is 5.41 Å². The number of aromatic amines is 1. The zero-order valence-electron chi connectivity index (χ0n) is 23.8. The van der Waals surface area contributed by atoms with E-state index in [-0.39, 0.29) is 16.9 Å². The second kappa shape index (κ2) is 11.2. The molecule has 0 atom stereocenters. The van der Waals surface area contributed by atoms with Gasteiger partial charge in [-0.2, -0.15) is 0 Å². The van der Waals surface area contributed by atoms with Gasteiger partial charge in [-0.25, -0.2) is 15.0 Å². The van der Waals surface area contributed by atoms with E-state index in [1.165, 1.54) is 17.2 Å². The number of nitrogens with one attached hydrogen (secondary N) is 3. The van der Waals surface area contributed by atoms with Crippen LogP contribution in [-0.2, 0) is 19.9 Å². The number of carbonyl (C=O) groups excluding carboxylic acids is 1. The van der Waals surface area contributed by atoms with E-state index >= 15 is 0 Å². The Morgan fingerprint density at radius 2 is 2.05 bits per heavy atom. The maximum Gasteiger partial charge on any atom is 0.244 e. The Kier molecular flexibility index (Phi) is 7.20. The van der Waals surface area contributed by atoms with Crippen molar-refractivity contribution >= 4 is 51.3 Å². The van der Waals surface area contributed by atoms with Gasteiger partial charge >= 0.3 is 0 Å². The summed E-state index contributed by atoms with van der Waals surface area (Å²) in [7, 11) is 0. The number of hydrogen-bond acceptors (Lipinski definition) is 10. The summed E-state index contributed by atoms with van der Waals surface area (Å²) < 4.78 is 13.4. The minimum atomic E-state index is -0.364. The Morgan fingerprint density at radius 1 is 1.21 bits per heavy atom. The van der Waals surface area contributed by atoms with Crippen LogP contribution < -0.4 is 16.0 Å². The zero-order chi connectivity index (χ0) is 29.4. The van der Waals surface area contributed by atoms with Crippen LogP contribution in [0.5, 0.6) is 0 Å². The number of anilines is 2. The van der Waals surface area contributed by atoms with Crippen molar-refractivity contribution in [2.45, 2.75) is 31.3 Å². The topological polar surface area (TPSA) is 155 Å². The van der Waals surface area contributed by atoms with Gasteiger partial charge in [0.05, 0.1) is 48.3 Å². The smallest absolute Gasteiger partial charge is 0.244 e. The Hall–Kier alpha value is -4.13. The third-order valence-electron chi connectivity index (χ3n) is 8.98. The van der Waals surface area contributed by atoms with Gasteiger partial charge in [-0.15, -0.1) is 11.3 Å². The molecule has 8 rings (SSSR count). The zero-order valence-corrected chi connectivity index (χ0v) is 24.6. The molecule has 0 unspecified atom stereocenters. The van der Waals surface area contributed by atoms with E-state index in [9.17, 15) is 4.79 Å². The largest absolute Gasteiger partial charge is 0.398 e. The Morgan fingerprint density at radius 3 is 2.77 bits per heavy atom. The molecular weight excluding hydrogens is 564 g/mol. The molecular formula is C31H34N8O3S. The van der Waals surface area contributed by atoms with Crippen LogP contribution >= 0.6 is 11.3 Å². The standard InChI is InChI=1S/C31H34N8O3S/c32-15-22-21(2-1-3-23(22)33)28-37-24-14-25(43-27(24)29(38-28)39-10-12-41-13-11-39)31-8-6-30(7-9-31,18-42-31)17-35-26(40)5-4-20-16-34-19-36-20/h1-5,14-16,19,32H,6-13,17-18,33H2,(H,34,36)(H,35,40). The fourth-order valence-corrected chi connectivity index (χ4v) is 7.67. The number of carbonyl (C=O) groups is 1. The lowest BCUT2D eigenvalue weighted by atomic mass is 9.65. The number of amides is 1. The summed E-state index contributed by atoms with van der Waals surface area (Å²) in [6, 6.07) is 7.76. The van der Waals surface area contributed by atoms with Gasteiger partial charge < -0.3 is 35.8 Å². The summed E-state index contributed by atoms with van der Waals surface area (Å²) in [4.78, 5) is 32.9. The maximum atomic E-state index is 12.5.